The summed E-state index contributed by atoms with van der Waals surface area (Å²) in [6, 6.07) is 0. The molecule has 0 saturated carbocycles. The quantitative estimate of drug-likeness (QED) is 0.160. The Morgan fingerprint density at radius 1 is 1.15 bits per heavy atom. The molecule has 0 fully saturated rings. The van der Waals surface area contributed by atoms with Crippen LogP contribution in [-0.2, 0) is 9.59 Å². The first-order valence-electron chi connectivity index (χ1n) is 3.26. The summed E-state index contributed by atoms with van der Waals surface area (Å²) < 4.78 is 0. The van der Waals surface area contributed by atoms with Gasteiger partial charge in [0, 0.05) is 0 Å². The maximum atomic E-state index is 10.4. The lowest BCUT2D eigenvalue weighted by Crippen LogP contribution is -2.46. The van der Waals surface area contributed by atoms with E-state index in [4.69, 9.17) is 22.4 Å². The Morgan fingerprint density at radius 2 is 1.54 bits per heavy atom. The second kappa shape index (κ2) is 4.80. The number of nitrogens with two attached hydrogens (primary N) is 3. The highest BCUT2D eigenvalue weighted by Crippen LogP contribution is 1.85. The molecule has 0 aromatic rings. The largest absolute Gasteiger partial charge is 0.408 e. The molecule has 0 spiro atoms. The summed E-state index contributed by atoms with van der Waals surface area (Å²) in [5.74, 6) is -1.82. The molecule has 0 unspecified atom stereocenters. The van der Waals surface area contributed by atoms with Crippen LogP contribution in [0.3, 0.4) is 0 Å². The molecule has 74 valence electrons. The molecule has 7 N–H and O–H groups in total. The second-order valence-corrected chi connectivity index (χ2v) is 2.25. The van der Waals surface area contributed by atoms with Crippen molar-refractivity contribution in [3.63, 3.8) is 0 Å². The number of primary amides is 2. The van der Waals surface area contributed by atoms with Crippen molar-refractivity contribution in [1.29, 1.82) is 0 Å². The Balaban J connectivity index is 4.36. The third-order valence-corrected chi connectivity index (χ3v) is 1.12. The minimum absolute atomic E-state index is 0.334. The first-order chi connectivity index (χ1) is 5.97. The molecule has 0 rings (SSSR count). The Morgan fingerprint density at radius 3 is 1.77 bits per heavy atom. The van der Waals surface area contributed by atoms with Crippen LogP contribution in [0.1, 0.15) is 0 Å². The van der Waals surface area contributed by atoms with Gasteiger partial charge in [-0.2, -0.15) is 0 Å². The molecule has 13 heavy (non-hydrogen) atoms. The van der Waals surface area contributed by atoms with Crippen molar-refractivity contribution < 1.29 is 14.8 Å². The Bertz CT molecular complexity index is 222. The topological polar surface area (TPSA) is 148 Å². The Labute approximate surface area is 73.9 Å². The van der Waals surface area contributed by atoms with Crippen molar-refractivity contribution in [3.05, 3.63) is 0 Å². The van der Waals surface area contributed by atoms with Crippen LogP contribution in [-0.4, -0.2) is 41.0 Å². The summed E-state index contributed by atoms with van der Waals surface area (Å²) in [5.41, 5.74) is 14.8. The van der Waals surface area contributed by atoms with Gasteiger partial charge in [0.1, 0.15) is 13.1 Å². The number of nitrogens with zero attached hydrogens (tertiary/aromatic N) is 2. The van der Waals surface area contributed by atoms with Gasteiger partial charge in [0.15, 0.2) is 0 Å². The standard InChI is InChI=1S/C5H11N5O3/c6-3(11)1-10(2-4(7)12)5(8)9-13/h13H,1-2H2,(H2,6,11)(H2,7,12)(H2,8,9). The van der Waals surface area contributed by atoms with Crippen LogP contribution in [0.15, 0.2) is 5.16 Å². The van der Waals surface area contributed by atoms with E-state index in [1.165, 1.54) is 0 Å². The number of hydrogen-bond donors (Lipinski definition) is 4. The third-order valence-electron chi connectivity index (χ3n) is 1.12. The van der Waals surface area contributed by atoms with Crippen LogP contribution in [0.5, 0.6) is 0 Å². The van der Waals surface area contributed by atoms with Gasteiger partial charge in [0.05, 0.1) is 0 Å². The van der Waals surface area contributed by atoms with Crippen molar-refractivity contribution in [2.45, 2.75) is 0 Å². The number of guanidine groups is 1. The van der Waals surface area contributed by atoms with Gasteiger partial charge in [-0.25, -0.2) is 0 Å². The summed E-state index contributed by atoms with van der Waals surface area (Å²) in [6.45, 7) is -0.669. The van der Waals surface area contributed by atoms with Crippen LogP contribution in [0.25, 0.3) is 0 Å². The fourth-order valence-electron chi connectivity index (χ4n) is 0.657. The van der Waals surface area contributed by atoms with E-state index in [0.29, 0.717) is 0 Å². The van der Waals surface area contributed by atoms with Crippen LogP contribution in [0.4, 0.5) is 0 Å². The number of carbonyl (C=O) groups excluding carboxylic acids is 2. The minimum atomic E-state index is -0.715. The molecule has 0 aromatic heterocycles. The minimum Gasteiger partial charge on any atom is -0.408 e. The molecule has 0 heterocycles. The Kier molecular flexibility index (Phi) is 4.07. The lowest BCUT2D eigenvalue weighted by Gasteiger charge is -2.18. The van der Waals surface area contributed by atoms with Crippen molar-refractivity contribution in [3.8, 4) is 0 Å². The average molecular weight is 189 g/mol. The molecule has 0 aliphatic heterocycles. The molecule has 0 radical (unpaired) electrons. The van der Waals surface area contributed by atoms with Crippen LogP contribution in [0, 0.1) is 0 Å². The molecule has 0 aliphatic carbocycles. The van der Waals surface area contributed by atoms with E-state index in [1.54, 1.807) is 0 Å². The maximum Gasteiger partial charge on any atom is 0.237 e. The Hall–Kier alpha value is -1.99. The van der Waals surface area contributed by atoms with Gasteiger partial charge in [0.25, 0.3) is 0 Å². The fourth-order valence-corrected chi connectivity index (χ4v) is 0.657. The molecule has 8 nitrogen and oxygen atoms in total. The predicted molar refractivity (Wildman–Crippen MR) is 43.4 cm³/mol. The highest BCUT2D eigenvalue weighted by molar-refractivity contribution is 5.88. The van der Waals surface area contributed by atoms with Gasteiger partial charge in [-0.15, -0.1) is 0 Å². The molecular formula is C5H11N5O3. The van der Waals surface area contributed by atoms with E-state index in [1.807, 2.05) is 0 Å². The highest BCUT2D eigenvalue weighted by atomic mass is 16.4. The second-order valence-electron chi connectivity index (χ2n) is 2.25. The third kappa shape index (κ3) is 4.45. The molecule has 0 aliphatic rings. The number of hydrogen-bond acceptors (Lipinski definition) is 4. The SMILES string of the molecule is NC(=O)CN(CC(N)=O)C(N)=NO. The number of oxime groups is 1. The van der Waals surface area contributed by atoms with Gasteiger partial charge < -0.3 is 27.3 Å². The number of rotatable bonds is 4. The number of carbonyl (C=O) groups is 2. The normalized spacial score (nSPS) is 10.9. The van der Waals surface area contributed by atoms with E-state index < -0.39 is 17.8 Å². The van der Waals surface area contributed by atoms with Crippen molar-refractivity contribution in [1.82, 2.24) is 4.90 Å². The molecule has 0 saturated heterocycles. The van der Waals surface area contributed by atoms with Gasteiger partial charge in [0.2, 0.25) is 17.8 Å². The highest BCUT2D eigenvalue weighted by Gasteiger charge is 2.13. The van der Waals surface area contributed by atoms with Gasteiger partial charge >= 0.3 is 0 Å². The molecular weight excluding hydrogens is 178 g/mol. The average Bonchev–Trinajstić information content (AvgIpc) is 2.00. The zero-order chi connectivity index (χ0) is 10.4. The van der Waals surface area contributed by atoms with E-state index in [-0.39, 0.29) is 13.1 Å². The number of amides is 2. The van der Waals surface area contributed by atoms with E-state index in [9.17, 15) is 9.59 Å². The molecule has 0 aromatic carbocycles. The van der Waals surface area contributed by atoms with Crippen LogP contribution >= 0.6 is 0 Å². The van der Waals surface area contributed by atoms with Gasteiger partial charge in [-0.1, -0.05) is 5.16 Å². The van der Waals surface area contributed by atoms with Crippen LogP contribution in [0.2, 0.25) is 0 Å². The first-order valence-corrected chi connectivity index (χ1v) is 3.26. The monoisotopic (exact) mass is 189 g/mol. The smallest absolute Gasteiger partial charge is 0.237 e. The first kappa shape index (κ1) is 11.0. The van der Waals surface area contributed by atoms with E-state index in [0.717, 1.165) is 4.90 Å². The zero-order valence-electron chi connectivity index (χ0n) is 6.80. The summed E-state index contributed by atoms with van der Waals surface area (Å²) in [7, 11) is 0. The maximum absolute atomic E-state index is 10.4. The van der Waals surface area contributed by atoms with Gasteiger partial charge in [-0.05, 0) is 0 Å². The van der Waals surface area contributed by atoms with Crippen molar-refractivity contribution >= 4 is 17.8 Å². The summed E-state index contributed by atoms with van der Waals surface area (Å²) >= 11 is 0. The lowest BCUT2D eigenvalue weighted by molar-refractivity contribution is -0.120. The summed E-state index contributed by atoms with van der Waals surface area (Å²) in [6.07, 6.45) is 0. The van der Waals surface area contributed by atoms with Crippen molar-refractivity contribution in [2.24, 2.45) is 22.4 Å². The van der Waals surface area contributed by atoms with E-state index >= 15 is 0 Å². The lowest BCUT2D eigenvalue weighted by atomic mass is 10.4. The van der Waals surface area contributed by atoms with Crippen LogP contribution < -0.4 is 17.2 Å². The molecule has 0 atom stereocenters. The van der Waals surface area contributed by atoms with Crippen molar-refractivity contribution in [2.75, 3.05) is 13.1 Å². The predicted octanol–water partition coefficient (Wildman–Crippen LogP) is -3.04. The fraction of sp³-hybridized carbons (Fsp3) is 0.400. The summed E-state index contributed by atoms with van der Waals surface area (Å²) in [4.78, 5) is 21.8. The van der Waals surface area contributed by atoms with E-state index in [2.05, 4.69) is 5.16 Å². The molecule has 8 heteroatoms. The zero-order valence-corrected chi connectivity index (χ0v) is 6.80. The summed E-state index contributed by atoms with van der Waals surface area (Å²) in [5, 5.41) is 10.8. The molecule has 2 amide bonds. The molecule has 0 bridgehead atoms. The van der Waals surface area contributed by atoms with Gasteiger partial charge in [-0.3, -0.25) is 9.59 Å².